The average molecular weight is 239 g/mol. The Labute approximate surface area is 98.2 Å². The maximum Gasteiger partial charge on any atom is 0.256 e. The molecule has 17 heavy (non-hydrogen) atoms. The quantitative estimate of drug-likeness (QED) is 0.755. The maximum atomic E-state index is 13.2. The van der Waals surface area contributed by atoms with Crippen LogP contribution in [0.3, 0.4) is 0 Å². The monoisotopic (exact) mass is 239 g/mol. The molecule has 1 aromatic heterocycles. The lowest BCUT2D eigenvalue weighted by molar-refractivity contribution is -0.119. The van der Waals surface area contributed by atoms with Gasteiger partial charge in [0.05, 0.1) is 5.56 Å². The maximum absolute atomic E-state index is 13.2. The second-order valence-corrected chi connectivity index (χ2v) is 4.32. The number of carbonyl (C=O) groups is 2. The Morgan fingerprint density at radius 3 is 2.71 bits per heavy atom. The molecule has 0 aliphatic carbocycles. The molecule has 1 aromatic rings. The molecule has 0 radical (unpaired) electrons. The minimum atomic E-state index is -0.847. The third-order valence-electron chi connectivity index (χ3n) is 2.07. The zero-order valence-corrected chi connectivity index (χ0v) is 9.66. The van der Waals surface area contributed by atoms with Crippen molar-refractivity contribution in [3.63, 3.8) is 0 Å². The standard InChI is InChI=1S/C11H14FN3O2/c1-11(2,6-8(13)16)15-10(17)7-4-3-5-14-9(7)12/h3-5H,6H2,1-2H3,(H2,13,16)(H,15,17). The van der Waals surface area contributed by atoms with Gasteiger partial charge in [-0.05, 0) is 26.0 Å². The summed E-state index contributed by atoms with van der Waals surface area (Å²) < 4.78 is 13.2. The van der Waals surface area contributed by atoms with E-state index in [2.05, 4.69) is 10.3 Å². The molecule has 0 atom stereocenters. The summed E-state index contributed by atoms with van der Waals surface area (Å²) in [5, 5.41) is 2.52. The van der Waals surface area contributed by atoms with Gasteiger partial charge in [-0.25, -0.2) is 4.98 Å². The number of carbonyl (C=O) groups excluding carboxylic acids is 2. The van der Waals surface area contributed by atoms with Crippen LogP contribution in [0.2, 0.25) is 0 Å². The van der Waals surface area contributed by atoms with Gasteiger partial charge in [0.25, 0.3) is 5.91 Å². The molecule has 2 amide bonds. The lowest BCUT2D eigenvalue weighted by Gasteiger charge is -2.24. The first-order valence-electron chi connectivity index (χ1n) is 5.03. The molecule has 0 aliphatic heterocycles. The van der Waals surface area contributed by atoms with Crippen LogP contribution in [0.1, 0.15) is 30.6 Å². The van der Waals surface area contributed by atoms with Crippen molar-refractivity contribution in [3.8, 4) is 0 Å². The number of halogens is 1. The molecule has 1 heterocycles. The van der Waals surface area contributed by atoms with Crippen LogP contribution in [0, 0.1) is 5.95 Å². The van der Waals surface area contributed by atoms with Crippen LogP contribution in [0.25, 0.3) is 0 Å². The van der Waals surface area contributed by atoms with Gasteiger partial charge >= 0.3 is 0 Å². The highest BCUT2D eigenvalue weighted by Crippen LogP contribution is 2.10. The summed E-state index contributed by atoms with van der Waals surface area (Å²) in [5.74, 6) is -2.01. The van der Waals surface area contributed by atoms with E-state index in [1.807, 2.05) is 0 Å². The first kappa shape index (κ1) is 13.1. The highest BCUT2D eigenvalue weighted by molar-refractivity contribution is 5.94. The predicted octanol–water partition coefficient (Wildman–Crippen LogP) is 0.605. The lowest BCUT2D eigenvalue weighted by Crippen LogP contribution is -2.46. The van der Waals surface area contributed by atoms with E-state index < -0.39 is 23.3 Å². The lowest BCUT2D eigenvalue weighted by atomic mass is 10.00. The molecule has 0 aromatic carbocycles. The summed E-state index contributed by atoms with van der Waals surface area (Å²) in [6, 6.07) is 2.77. The van der Waals surface area contributed by atoms with Gasteiger partial charge in [0.2, 0.25) is 11.9 Å². The number of aromatic nitrogens is 1. The number of nitrogens with zero attached hydrogens (tertiary/aromatic N) is 1. The predicted molar refractivity (Wildman–Crippen MR) is 59.6 cm³/mol. The number of primary amides is 1. The Balaban J connectivity index is 2.79. The van der Waals surface area contributed by atoms with Crippen molar-refractivity contribution in [2.24, 2.45) is 5.73 Å². The first-order valence-corrected chi connectivity index (χ1v) is 5.03. The van der Waals surface area contributed by atoms with Crippen LogP contribution in [-0.2, 0) is 4.79 Å². The third-order valence-corrected chi connectivity index (χ3v) is 2.07. The van der Waals surface area contributed by atoms with Crippen molar-refractivity contribution in [2.45, 2.75) is 25.8 Å². The smallest absolute Gasteiger partial charge is 0.256 e. The van der Waals surface area contributed by atoms with Crippen molar-refractivity contribution >= 4 is 11.8 Å². The van der Waals surface area contributed by atoms with E-state index in [9.17, 15) is 14.0 Å². The van der Waals surface area contributed by atoms with Gasteiger partial charge in [0.1, 0.15) is 0 Å². The molecule has 3 N–H and O–H groups in total. The summed E-state index contributed by atoms with van der Waals surface area (Å²) in [6.45, 7) is 3.26. The van der Waals surface area contributed by atoms with Gasteiger partial charge in [-0.15, -0.1) is 0 Å². The Bertz CT molecular complexity index is 446. The number of rotatable bonds is 4. The molecule has 0 spiro atoms. The molecule has 0 bridgehead atoms. The highest BCUT2D eigenvalue weighted by Gasteiger charge is 2.24. The molecular weight excluding hydrogens is 225 g/mol. The number of pyridine rings is 1. The van der Waals surface area contributed by atoms with Crippen LogP contribution < -0.4 is 11.1 Å². The van der Waals surface area contributed by atoms with Crippen LogP contribution in [0.15, 0.2) is 18.3 Å². The summed E-state index contributed by atoms with van der Waals surface area (Å²) in [5.41, 5.74) is 4.06. The van der Waals surface area contributed by atoms with Gasteiger partial charge in [-0.1, -0.05) is 0 Å². The fraction of sp³-hybridized carbons (Fsp3) is 0.364. The molecule has 0 unspecified atom stereocenters. The van der Waals surface area contributed by atoms with Gasteiger partial charge in [0, 0.05) is 18.2 Å². The van der Waals surface area contributed by atoms with E-state index in [4.69, 9.17) is 5.73 Å². The number of amides is 2. The minimum Gasteiger partial charge on any atom is -0.370 e. The molecule has 5 nitrogen and oxygen atoms in total. The average Bonchev–Trinajstić information content (AvgIpc) is 2.14. The Morgan fingerprint density at radius 1 is 1.53 bits per heavy atom. The molecule has 0 saturated carbocycles. The normalized spacial score (nSPS) is 11.0. The zero-order valence-electron chi connectivity index (χ0n) is 9.66. The van der Waals surface area contributed by atoms with Gasteiger partial charge < -0.3 is 11.1 Å². The number of hydrogen-bond donors (Lipinski definition) is 2. The summed E-state index contributed by atoms with van der Waals surface area (Å²) in [7, 11) is 0. The highest BCUT2D eigenvalue weighted by atomic mass is 19.1. The van der Waals surface area contributed by atoms with Gasteiger partial charge in [-0.3, -0.25) is 9.59 Å². The van der Waals surface area contributed by atoms with Crippen LogP contribution in [0.5, 0.6) is 0 Å². The summed E-state index contributed by atoms with van der Waals surface area (Å²) in [4.78, 5) is 25.9. The topological polar surface area (TPSA) is 85.1 Å². The fourth-order valence-corrected chi connectivity index (χ4v) is 1.41. The van der Waals surface area contributed by atoms with Crippen molar-refractivity contribution in [1.29, 1.82) is 0 Å². The summed E-state index contributed by atoms with van der Waals surface area (Å²) >= 11 is 0. The molecule has 6 heteroatoms. The van der Waals surface area contributed by atoms with E-state index in [0.717, 1.165) is 0 Å². The second-order valence-electron chi connectivity index (χ2n) is 4.32. The molecular formula is C11H14FN3O2. The molecule has 92 valence electrons. The van der Waals surface area contributed by atoms with E-state index in [0.29, 0.717) is 0 Å². The Morgan fingerprint density at radius 2 is 2.18 bits per heavy atom. The van der Waals surface area contributed by atoms with Crippen molar-refractivity contribution in [2.75, 3.05) is 0 Å². The Kier molecular flexibility index (Phi) is 3.77. The van der Waals surface area contributed by atoms with E-state index in [1.165, 1.54) is 18.3 Å². The largest absolute Gasteiger partial charge is 0.370 e. The number of hydrogen-bond acceptors (Lipinski definition) is 3. The Hall–Kier alpha value is -1.98. The number of nitrogens with one attached hydrogen (secondary N) is 1. The van der Waals surface area contributed by atoms with Crippen molar-refractivity contribution in [3.05, 3.63) is 29.8 Å². The molecule has 1 rings (SSSR count). The van der Waals surface area contributed by atoms with E-state index in [1.54, 1.807) is 13.8 Å². The molecule has 0 aliphatic rings. The van der Waals surface area contributed by atoms with Crippen LogP contribution in [0.4, 0.5) is 4.39 Å². The van der Waals surface area contributed by atoms with E-state index in [-0.39, 0.29) is 12.0 Å². The van der Waals surface area contributed by atoms with Gasteiger partial charge in [-0.2, -0.15) is 4.39 Å². The first-order chi connectivity index (χ1) is 7.82. The fourth-order valence-electron chi connectivity index (χ4n) is 1.41. The molecule has 0 saturated heterocycles. The van der Waals surface area contributed by atoms with Crippen molar-refractivity contribution in [1.82, 2.24) is 10.3 Å². The van der Waals surface area contributed by atoms with Crippen LogP contribution in [-0.4, -0.2) is 22.3 Å². The van der Waals surface area contributed by atoms with Gasteiger partial charge in [0.15, 0.2) is 0 Å². The van der Waals surface area contributed by atoms with Crippen LogP contribution >= 0.6 is 0 Å². The molecule has 0 fully saturated rings. The van der Waals surface area contributed by atoms with E-state index >= 15 is 0 Å². The number of nitrogens with two attached hydrogens (primary N) is 1. The minimum absolute atomic E-state index is 0.0272. The zero-order chi connectivity index (χ0) is 13.1. The van der Waals surface area contributed by atoms with Crippen molar-refractivity contribution < 1.29 is 14.0 Å². The second kappa shape index (κ2) is 4.90. The SMILES string of the molecule is CC(C)(CC(N)=O)NC(=O)c1cccnc1F. The third kappa shape index (κ3) is 3.82. The summed E-state index contributed by atoms with van der Waals surface area (Å²) in [6.07, 6.45) is 1.22.